The van der Waals surface area contributed by atoms with E-state index in [-0.39, 0.29) is 24.3 Å². The predicted octanol–water partition coefficient (Wildman–Crippen LogP) is 0.913. The number of hydrogen-bond donors (Lipinski definition) is 1. The smallest absolute Gasteiger partial charge is 0.253 e. The highest BCUT2D eigenvalue weighted by Gasteiger charge is 2.20. The average molecular weight is 372 g/mol. The fraction of sp³-hybridized carbons (Fsp3) is 0.421. The second-order valence-electron chi connectivity index (χ2n) is 6.54. The quantitative estimate of drug-likeness (QED) is 0.779. The number of primary amides is 1. The number of aryl methyl sites for hydroxylation is 1. The van der Waals surface area contributed by atoms with Crippen molar-refractivity contribution in [3.05, 3.63) is 42.2 Å². The number of rotatable bonds is 7. The lowest BCUT2D eigenvalue weighted by Crippen LogP contribution is -2.40. The molecule has 2 aromatic rings. The fourth-order valence-corrected chi connectivity index (χ4v) is 2.92. The Balaban J connectivity index is 1.60. The molecule has 3 rings (SSSR count). The first-order valence-corrected chi connectivity index (χ1v) is 8.89. The van der Waals surface area contributed by atoms with Crippen molar-refractivity contribution < 1.29 is 19.1 Å². The number of aromatic nitrogens is 2. The molecule has 0 unspecified atom stereocenters. The minimum atomic E-state index is -0.357. The van der Waals surface area contributed by atoms with Gasteiger partial charge in [0.25, 0.3) is 5.91 Å². The van der Waals surface area contributed by atoms with Crippen LogP contribution in [0.2, 0.25) is 0 Å². The van der Waals surface area contributed by atoms with E-state index >= 15 is 0 Å². The largest absolute Gasteiger partial charge is 0.376 e. The van der Waals surface area contributed by atoms with E-state index in [9.17, 15) is 9.59 Å². The van der Waals surface area contributed by atoms with Crippen LogP contribution >= 0.6 is 0 Å². The van der Waals surface area contributed by atoms with E-state index < -0.39 is 0 Å². The maximum absolute atomic E-state index is 12.6. The zero-order valence-electron chi connectivity index (χ0n) is 15.3. The molecule has 1 fully saturated rings. The molecule has 1 aliphatic rings. The van der Waals surface area contributed by atoms with Gasteiger partial charge in [0.15, 0.2) is 0 Å². The summed E-state index contributed by atoms with van der Waals surface area (Å²) in [5.74, 6) is -0.419. The van der Waals surface area contributed by atoms with E-state index in [0.717, 1.165) is 11.1 Å². The van der Waals surface area contributed by atoms with Gasteiger partial charge in [-0.15, -0.1) is 0 Å². The Morgan fingerprint density at radius 2 is 2.04 bits per heavy atom. The van der Waals surface area contributed by atoms with Crippen molar-refractivity contribution in [3.63, 3.8) is 0 Å². The number of nitrogens with two attached hydrogens (primary N) is 1. The molecule has 1 aromatic heterocycles. The van der Waals surface area contributed by atoms with Gasteiger partial charge in [0.1, 0.15) is 0 Å². The van der Waals surface area contributed by atoms with Crippen LogP contribution in [0.15, 0.2) is 36.7 Å². The third-order valence-electron chi connectivity index (χ3n) is 4.39. The minimum Gasteiger partial charge on any atom is -0.376 e. The number of nitrogens with zero attached hydrogens (tertiary/aromatic N) is 3. The molecule has 1 atom stereocenters. The van der Waals surface area contributed by atoms with Crippen molar-refractivity contribution in [2.24, 2.45) is 5.73 Å². The lowest BCUT2D eigenvalue weighted by molar-refractivity contribution is -0.118. The summed E-state index contributed by atoms with van der Waals surface area (Å²) in [6, 6.07) is 7.37. The summed E-state index contributed by atoms with van der Waals surface area (Å²) in [4.78, 5) is 25.1. The molecule has 27 heavy (non-hydrogen) atoms. The molecule has 0 radical (unpaired) electrons. The number of carbonyl (C=O) groups is 2. The van der Waals surface area contributed by atoms with Gasteiger partial charge in [0, 0.05) is 43.9 Å². The van der Waals surface area contributed by atoms with Gasteiger partial charge in [0.2, 0.25) is 5.91 Å². The van der Waals surface area contributed by atoms with Crippen molar-refractivity contribution >= 4 is 11.8 Å². The Morgan fingerprint density at radius 1 is 1.26 bits per heavy atom. The van der Waals surface area contributed by atoms with Gasteiger partial charge >= 0.3 is 0 Å². The van der Waals surface area contributed by atoms with E-state index in [0.29, 0.717) is 38.5 Å². The van der Waals surface area contributed by atoms with Crippen molar-refractivity contribution in [1.82, 2.24) is 14.7 Å². The van der Waals surface area contributed by atoms with Crippen LogP contribution in [-0.2, 0) is 20.8 Å². The van der Waals surface area contributed by atoms with Gasteiger partial charge in [-0.3, -0.25) is 14.3 Å². The second kappa shape index (κ2) is 8.79. The fourth-order valence-electron chi connectivity index (χ4n) is 2.92. The molecule has 2 amide bonds. The van der Waals surface area contributed by atoms with Crippen LogP contribution in [0.25, 0.3) is 11.1 Å². The zero-order chi connectivity index (χ0) is 19.2. The van der Waals surface area contributed by atoms with Crippen molar-refractivity contribution in [2.45, 2.75) is 19.1 Å². The third-order valence-corrected chi connectivity index (χ3v) is 4.39. The monoisotopic (exact) mass is 372 g/mol. The molecule has 0 bridgehead atoms. The molecular weight excluding hydrogens is 348 g/mol. The first-order chi connectivity index (χ1) is 13.0. The maximum atomic E-state index is 12.6. The molecule has 1 aliphatic heterocycles. The average Bonchev–Trinajstić information content (AvgIpc) is 3.16. The summed E-state index contributed by atoms with van der Waals surface area (Å²) in [6.07, 6.45) is 3.74. The minimum absolute atomic E-state index is 0.0622. The van der Waals surface area contributed by atoms with E-state index in [4.69, 9.17) is 15.2 Å². The second-order valence-corrected chi connectivity index (χ2v) is 6.54. The van der Waals surface area contributed by atoms with Crippen molar-refractivity contribution in [3.8, 4) is 11.1 Å². The van der Waals surface area contributed by atoms with Crippen LogP contribution in [-0.4, -0.2) is 66.0 Å². The Morgan fingerprint density at radius 3 is 2.70 bits per heavy atom. The van der Waals surface area contributed by atoms with E-state index in [1.807, 2.05) is 18.3 Å². The van der Waals surface area contributed by atoms with Crippen molar-refractivity contribution in [2.75, 3.05) is 33.4 Å². The molecule has 144 valence electrons. The molecule has 8 nitrogen and oxygen atoms in total. The van der Waals surface area contributed by atoms with Gasteiger partial charge < -0.3 is 20.1 Å². The third kappa shape index (κ3) is 5.15. The molecule has 1 aromatic carbocycles. The summed E-state index contributed by atoms with van der Waals surface area (Å²) in [5.41, 5.74) is 7.63. The molecule has 0 aliphatic carbocycles. The van der Waals surface area contributed by atoms with E-state index in [2.05, 4.69) is 5.10 Å². The van der Waals surface area contributed by atoms with Crippen LogP contribution in [0.1, 0.15) is 16.8 Å². The first kappa shape index (κ1) is 19.1. The van der Waals surface area contributed by atoms with Gasteiger partial charge in [-0.05, 0) is 17.7 Å². The first-order valence-electron chi connectivity index (χ1n) is 8.89. The number of carbonyl (C=O) groups excluding carboxylic acids is 2. The lowest BCUT2D eigenvalue weighted by atomic mass is 10.1. The molecule has 2 heterocycles. The van der Waals surface area contributed by atoms with E-state index in [1.54, 1.807) is 35.0 Å². The van der Waals surface area contributed by atoms with Gasteiger partial charge in [0.05, 0.1) is 32.1 Å². The molecule has 1 saturated heterocycles. The zero-order valence-corrected chi connectivity index (χ0v) is 15.3. The summed E-state index contributed by atoms with van der Waals surface area (Å²) in [7, 11) is 1.76. The number of amides is 2. The summed E-state index contributed by atoms with van der Waals surface area (Å²) >= 11 is 0. The number of hydrogen-bond acceptors (Lipinski definition) is 5. The van der Waals surface area contributed by atoms with Gasteiger partial charge in [-0.25, -0.2) is 0 Å². The molecular formula is C19H24N4O4. The highest BCUT2D eigenvalue weighted by Crippen LogP contribution is 2.20. The molecule has 8 heteroatoms. The number of benzene rings is 1. The Bertz CT molecular complexity index is 781. The SMILES string of the molecule is CN(C[C@@H]1COCCO1)C(=O)c1ccc(-c2cnn(CCC(N)=O)c2)cc1. The standard InChI is InChI=1S/C19H24N4O4/c1-22(12-17-13-26-8-9-27-17)19(25)15-4-2-14(3-5-15)16-10-21-23(11-16)7-6-18(20)24/h2-5,10-11,17H,6-9,12-13H2,1H3,(H2,20,24)/t17-/m1/s1. The number of ether oxygens (including phenoxy) is 2. The van der Waals surface area contributed by atoms with Gasteiger partial charge in [-0.2, -0.15) is 5.10 Å². The maximum Gasteiger partial charge on any atom is 0.253 e. The molecule has 0 spiro atoms. The summed E-state index contributed by atoms with van der Waals surface area (Å²) in [6.45, 7) is 2.62. The van der Waals surface area contributed by atoms with Crippen LogP contribution in [0.3, 0.4) is 0 Å². The topological polar surface area (TPSA) is 99.7 Å². The highest BCUT2D eigenvalue weighted by atomic mass is 16.6. The molecule has 2 N–H and O–H groups in total. The van der Waals surface area contributed by atoms with Crippen LogP contribution in [0.5, 0.6) is 0 Å². The molecule has 0 saturated carbocycles. The summed E-state index contributed by atoms with van der Waals surface area (Å²) in [5, 5.41) is 4.22. The summed E-state index contributed by atoms with van der Waals surface area (Å²) < 4.78 is 12.6. The Hall–Kier alpha value is -2.71. The van der Waals surface area contributed by atoms with Crippen LogP contribution in [0, 0.1) is 0 Å². The Labute approximate surface area is 157 Å². The number of likely N-dealkylation sites (N-methyl/N-ethyl adjacent to an activating group) is 1. The van der Waals surface area contributed by atoms with E-state index in [1.165, 1.54) is 0 Å². The lowest BCUT2D eigenvalue weighted by Gasteiger charge is -2.27. The van der Waals surface area contributed by atoms with Crippen LogP contribution < -0.4 is 5.73 Å². The highest BCUT2D eigenvalue weighted by molar-refractivity contribution is 5.94. The van der Waals surface area contributed by atoms with Gasteiger partial charge in [-0.1, -0.05) is 12.1 Å². The van der Waals surface area contributed by atoms with Crippen LogP contribution in [0.4, 0.5) is 0 Å². The van der Waals surface area contributed by atoms with Crippen molar-refractivity contribution in [1.29, 1.82) is 0 Å². The predicted molar refractivity (Wildman–Crippen MR) is 99.0 cm³/mol. The normalized spacial score (nSPS) is 16.9. The Kier molecular flexibility index (Phi) is 6.20.